The molecule has 3 rings (SSSR count). The van der Waals surface area contributed by atoms with Crippen LogP contribution in [0.5, 0.6) is 23.1 Å². The van der Waals surface area contributed by atoms with Crippen molar-refractivity contribution in [3.63, 3.8) is 0 Å². The Hall–Kier alpha value is -3.26. The Balaban J connectivity index is 1.78. The first-order chi connectivity index (χ1) is 14.2. The molecule has 0 fully saturated rings. The van der Waals surface area contributed by atoms with E-state index in [0.717, 1.165) is 18.2 Å². The van der Waals surface area contributed by atoms with Crippen molar-refractivity contribution >= 4 is 17.4 Å². The first kappa shape index (κ1) is 21.4. The van der Waals surface area contributed by atoms with E-state index in [2.05, 4.69) is 4.98 Å². The molecule has 0 saturated carbocycles. The number of methoxy groups -OCH3 is 2. The third-order valence-electron chi connectivity index (χ3n) is 4.12. The third kappa shape index (κ3) is 4.65. The van der Waals surface area contributed by atoms with Gasteiger partial charge in [-0.15, -0.1) is 0 Å². The molecule has 9 heteroatoms. The average molecular weight is 438 g/mol. The number of ether oxygens (including phenoxy) is 3. The van der Waals surface area contributed by atoms with E-state index in [-0.39, 0.29) is 28.0 Å². The number of nitrogens with zero attached hydrogens (tertiary/aromatic N) is 1. The predicted octanol–water partition coefficient (Wildman–Crippen LogP) is 5.79. The first-order valence-electron chi connectivity index (χ1n) is 8.50. The van der Waals surface area contributed by atoms with Gasteiger partial charge in [-0.3, -0.25) is 4.79 Å². The van der Waals surface area contributed by atoms with E-state index in [0.29, 0.717) is 17.1 Å². The predicted molar refractivity (Wildman–Crippen MR) is 104 cm³/mol. The number of rotatable bonds is 6. The highest BCUT2D eigenvalue weighted by Crippen LogP contribution is 2.36. The molecule has 0 spiro atoms. The van der Waals surface area contributed by atoms with Crippen molar-refractivity contribution in [1.29, 1.82) is 0 Å². The Labute approximate surface area is 175 Å². The lowest BCUT2D eigenvalue weighted by molar-refractivity contribution is -0.137. The van der Waals surface area contributed by atoms with Crippen LogP contribution in [0.2, 0.25) is 5.02 Å². The molecular weight excluding hydrogens is 423 g/mol. The second-order valence-corrected chi connectivity index (χ2v) is 6.44. The second-order valence-electron chi connectivity index (χ2n) is 6.03. The highest BCUT2D eigenvalue weighted by molar-refractivity contribution is 6.32. The van der Waals surface area contributed by atoms with Crippen LogP contribution in [0, 0.1) is 0 Å². The summed E-state index contributed by atoms with van der Waals surface area (Å²) in [6, 6.07) is 10.4. The Bertz CT molecular complexity index is 1070. The number of hydrogen-bond donors (Lipinski definition) is 0. The molecule has 5 nitrogen and oxygen atoms in total. The second kappa shape index (κ2) is 8.62. The lowest BCUT2D eigenvalue weighted by Crippen LogP contribution is -2.05. The molecule has 0 aliphatic rings. The molecule has 0 atom stereocenters. The molecule has 2 aromatic carbocycles. The highest BCUT2D eigenvalue weighted by Gasteiger charge is 2.31. The van der Waals surface area contributed by atoms with Gasteiger partial charge in [0.2, 0.25) is 5.88 Å². The number of halogens is 4. The third-order valence-corrected chi connectivity index (χ3v) is 4.41. The smallest absolute Gasteiger partial charge is 0.416 e. The van der Waals surface area contributed by atoms with Gasteiger partial charge < -0.3 is 14.2 Å². The largest absolute Gasteiger partial charge is 0.493 e. The highest BCUT2D eigenvalue weighted by atomic mass is 35.5. The Morgan fingerprint density at radius 2 is 1.57 bits per heavy atom. The monoisotopic (exact) mass is 437 g/mol. The zero-order valence-electron chi connectivity index (χ0n) is 15.8. The number of alkyl halides is 3. The van der Waals surface area contributed by atoms with Crippen LogP contribution in [-0.2, 0) is 6.18 Å². The summed E-state index contributed by atoms with van der Waals surface area (Å²) < 4.78 is 53.9. The van der Waals surface area contributed by atoms with E-state index in [9.17, 15) is 18.0 Å². The summed E-state index contributed by atoms with van der Waals surface area (Å²) in [7, 11) is 2.96. The van der Waals surface area contributed by atoms with Crippen LogP contribution in [0.15, 0.2) is 54.7 Å². The zero-order chi connectivity index (χ0) is 21.9. The van der Waals surface area contributed by atoms with Gasteiger partial charge in [0.1, 0.15) is 5.75 Å². The maximum Gasteiger partial charge on any atom is 0.416 e. The number of pyridine rings is 1. The molecule has 0 aliphatic heterocycles. The summed E-state index contributed by atoms with van der Waals surface area (Å²) in [6.45, 7) is 0. The maximum absolute atomic E-state index is 12.7. The number of aromatic nitrogens is 1. The van der Waals surface area contributed by atoms with Gasteiger partial charge in [0.15, 0.2) is 17.3 Å². The zero-order valence-corrected chi connectivity index (χ0v) is 16.5. The van der Waals surface area contributed by atoms with Crippen LogP contribution in [0.25, 0.3) is 0 Å². The number of ketones is 1. The van der Waals surface area contributed by atoms with Crippen molar-refractivity contribution in [1.82, 2.24) is 4.98 Å². The van der Waals surface area contributed by atoms with E-state index in [1.165, 1.54) is 32.5 Å². The van der Waals surface area contributed by atoms with Crippen molar-refractivity contribution in [2.75, 3.05) is 14.2 Å². The van der Waals surface area contributed by atoms with E-state index < -0.39 is 11.7 Å². The van der Waals surface area contributed by atoms with Crippen molar-refractivity contribution in [3.05, 3.63) is 76.4 Å². The van der Waals surface area contributed by atoms with E-state index in [1.807, 2.05) is 0 Å². The lowest BCUT2D eigenvalue weighted by Gasteiger charge is -2.11. The first-order valence-corrected chi connectivity index (χ1v) is 8.88. The van der Waals surface area contributed by atoms with Gasteiger partial charge in [0.05, 0.1) is 24.8 Å². The normalized spacial score (nSPS) is 11.1. The van der Waals surface area contributed by atoms with Crippen molar-refractivity contribution in [3.8, 4) is 23.1 Å². The Morgan fingerprint density at radius 1 is 0.900 bits per heavy atom. The quantitative estimate of drug-likeness (QED) is 0.456. The van der Waals surface area contributed by atoms with Gasteiger partial charge >= 0.3 is 6.18 Å². The van der Waals surface area contributed by atoms with E-state index in [1.54, 1.807) is 18.2 Å². The molecule has 0 saturated heterocycles. The van der Waals surface area contributed by atoms with Gasteiger partial charge in [-0.1, -0.05) is 11.6 Å². The molecular formula is C21H15ClF3NO4. The molecule has 156 valence electrons. The van der Waals surface area contributed by atoms with Crippen molar-refractivity contribution in [2.24, 2.45) is 0 Å². The molecule has 1 heterocycles. The summed E-state index contributed by atoms with van der Waals surface area (Å²) in [4.78, 5) is 16.7. The number of hydrogen-bond acceptors (Lipinski definition) is 5. The lowest BCUT2D eigenvalue weighted by atomic mass is 10.0. The number of benzene rings is 2. The van der Waals surface area contributed by atoms with Crippen LogP contribution < -0.4 is 14.2 Å². The molecule has 0 aliphatic carbocycles. The molecule has 30 heavy (non-hydrogen) atoms. The molecule has 3 aromatic rings. The summed E-state index contributed by atoms with van der Waals surface area (Å²) in [6.07, 6.45) is -3.21. The summed E-state index contributed by atoms with van der Waals surface area (Å²) in [5.41, 5.74) is -0.231. The summed E-state index contributed by atoms with van der Waals surface area (Å²) in [5, 5.41) is -0.211. The van der Waals surface area contributed by atoms with Gasteiger partial charge in [-0.2, -0.15) is 13.2 Å². The minimum Gasteiger partial charge on any atom is -0.493 e. The van der Waals surface area contributed by atoms with Crippen molar-refractivity contribution in [2.45, 2.75) is 6.18 Å². The molecule has 1 aromatic heterocycles. The summed E-state index contributed by atoms with van der Waals surface area (Å²) >= 11 is 5.87. The van der Waals surface area contributed by atoms with E-state index in [4.69, 9.17) is 25.8 Å². The topological polar surface area (TPSA) is 57.7 Å². The van der Waals surface area contributed by atoms with Crippen LogP contribution in [0.4, 0.5) is 13.2 Å². The van der Waals surface area contributed by atoms with Crippen molar-refractivity contribution < 1.29 is 32.2 Å². The van der Waals surface area contributed by atoms with Gasteiger partial charge in [0.25, 0.3) is 0 Å². The standard InChI is InChI=1S/C21H15ClF3NO4/c1-28-17-6-3-12(9-18(17)29-2)20(27)13-4-8-19(26-11-13)30-16-7-5-14(10-15(16)22)21(23,24)25/h3-11H,1-2H3. The minimum atomic E-state index is -4.51. The van der Waals surface area contributed by atoms with Crippen LogP contribution in [-0.4, -0.2) is 25.0 Å². The van der Waals surface area contributed by atoms with E-state index >= 15 is 0 Å². The average Bonchev–Trinajstić information content (AvgIpc) is 2.74. The van der Waals surface area contributed by atoms with Gasteiger partial charge in [-0.25, -0.2) is 4.98 Å². The maximum atomic E-state index is 12.7. The fourth-order valence-corrected chi connectivity index (χ4v) is 2.81. The van der Waals surface area contributed by atoms with Crippen LogP contribution in [0.3, 0.4) is 0 Å². The fourth-order valence-electron chi connectivity index (χ4n) is 2.59. The fraction of sp³-hybridized carbons (Fsp3) is 0.143. The van der Waals surface area contributed by atoms with Crippen LogP contribution >= 0.6 is 11.6 Å². The summed E-state index contributed by atoms with van der Waals surface area (Å²) in [5.74, 6) is 0.678. The number of carbonyl (C=O) groups excluding carboxylic acids is 1. The molecule has 0 radical (unpaired) electrons. The Kier molecular flexibility index (Phi) is 6.17. The molecule has 0 bridgehead atoms. The minimum absolute atomic E-state index is 0.0103. The van der Waals surface area contributed by atoms with Gasteiger partial charge in [0, 0.05) is 23.4 Å². The molecule has 0 N–H and O–H groups in total. The van der Waals surface area contributed by atoms with Gasteiger partial charge in [-0.05, 0) is 42.5 Å². The SMILES string of the molecule is COc1ccc(C(=O)c2ccc(Oc3ccc(C(F)(F)F)cc3Cl)nc2)cc1OC. The number of carbonyl (C=O) groups is 1. The Morgan fingerprint density at radius 3 is 2.13 bits per heavy atom. The van der Waals surface area contributed by atoms with Crippen LogP contribution in [0.1, 0.15) is 21.5 Å². The molecule has 0 amide bonds. The molecule has 0 unspecified atom stereocenters.